The van der Waals surface area contributed by atoms with Crippen LogP contribution < -0.4 is 10.4 Å². The van der Waals surface area contributed by atoms with Gasteiger partial charge in [0.25, 0.3) is 0 Å². The zero-order valence-electron chi connectivity index (χ0n) is 15.6. The zero-order valence-corrected chi connectivity index (χ0v) is 15.6. The van der Waals surface area contributed by atoms with E-state index >= 15 is 0 Å². The van der Waals surface area contributed by atoms with Crippen LogP contribution in [0.2, 0.25) is 0 Å². The Morgan fingerprint density at radius 2 is 1.48 bits per heavy atom. The molecule has 0 radical (unpaired) electrons. The highest BCUT2D eigenvalue weighted by molar-refractivity contribution is 5.70. The number of para-hydroxylation sites is 1. The van der Waals surface area contributed by atoms with Crippen molar-refractivity contribution in [3.63, 3.8) is 0 Å². The van der Waals surface area contributed by atoms with E-state index in [1.54, 1.807) is 30.3 Å². The van der Waals surface area contributed by atoms with E-state index in [1.165, 1.54) is 35.5 Å². The van der Waals surface area contributed by atoms with Gasteiger partial charge in [0.2, 0.25) is 0 Å². The van der Waals surface area contributed by atoms with Crippen LogP contribution in [0.15, 0.2) is 79.0 Å². The molecule has 1 aromatic heterocycles. The fraction of sp³-hybridized carbons (Fsp3) is 0.0952. The normalized spacial score (nSPS) is 14.4. The van der Waals surface area contributed by atoms with Gasteiger partial charge in [-0.2, -0.15) is 31.4 Å². The third-order valence-corrected chi connectivity index (χ3v) is 4.47. The summed E-state index contributed by atoms with van der Waals surface area (Å²) >= 11 is 0. The number of benzene rings is 2. The smallest absolute Gasteiger partial charge is 0.292 e. The first-order chi connectivity index (χ1) is 14.6. The summed E-state index contributed by atoms with van der Waals surface area (Å²) in [5, 5.41) is 4.98. The van der Waals surface area contributed by atoms with Gasteiger partial charge in [-0.25, -0.2) is 4.68 Å². The van der Waals surface area contributed by atoms with Gasteiger partial charge in [-0.15, -0.1) is 0 Å². The highest BCUT2D eigenvalue weighted by Gasteiger charge is 2.36. The second-order valence-electron chi connectivity index (χ2n) is 6.61. The Morgan fingerprint density at radius 3 is 2.16 bits per heavy atom. The second kappa shape index (κ2) is 7.53. The maximum absolute atomic E-state index is 13.3. The molecule has 2 heterocycles. The molecular formula is C21H14F6N4. The van der Waals surface area contributed by atoms with Gasteiger partial charge in [-0.3, -0.25) is 10.4 Å². The van der Waals surface area contributed by atoms with Gasteiger partial charge >= 0.3 is 12.4 Å². The van der Waals surface area contributed by atoms with Crippen molar-refractivity contribution >= 4 is 11.4 Å². The van der Waals surface area contributed by atoms with Crippen LogP contribution in [0, 0.1) is 0 Å². The van der Waals surface area contributed by atoms with Gasteiger partial charge in [-0.1, -0.05) is 24.3 Å². The molecule has 0 aliphatic carbocycles. The molecular weight excluding hydrogens is 422 g/mol. The van der Waals surface area contributed by atoms with Crippen molar-refractivity contribution in [3.8, 4) is 5.69 Å². The quantitative estimate of drug-likeness (QED) is 0.528. The van der Waals surface area contributed by atoms with E-state index in [0.717, 1.165) is 22.9 Å². The predicted octanol–water partition coefficient (Wildman–Crippen LogP) is 5.79. The molecule has 1 aliphatic rings. The Bertz CT molecular complexity index is 1140. The van der Waals surface area contributed by atoms with Gasteiger partial charge < -0.3 is 0 Å². The van der Waals surface area contributed by atoms with Gasteiger partial charge in [0, 0.05) is 6.20 Å². The largest absolute Gasteiger partial charge is 0.435 e. The molecule has 0 saturated carbocycles. The highest BCUT2D eigenvalue weighted by Crippen LogP contribution is 2.34. The SMILES string of the molecule is FC(F)(F)c1cccc(N2C=CC=C(c3cc(C(F)(F)F)nn3-c3ccccc3)N2)c1. The molecule has 4 rings (SSSR count). The Balaban J connectivity index is 1.72. The molecule has 0 unspecified atom stereocenters. The van der Waals surface area contributed by atoms with Crippen molar-refractivity contribution in [2.75, 3.05) is 5.01 Å². The summed E-state index contributed by atoms with van der Waals surface area (Å²) in [6.07, 6.45) is -4.70. The number of nitrogens with zero attached hydrogens (tertiary/aromatic N) is 3. The van der Waals surface area contributed by atoms with Crippen LogP contribution in [0.4, 0.5) is 32.0 Å². The molecule has 4 nitrogen and oxygen atoms in total. The molecule has 10 heteroatoms. The van der Waals surface area contributed by atoms with E-state index in [4.69, 9.17) is 0 Å². The third-order valence-electron chi connectivity index (χ3n) is 4.47. The first-order valence-electron chi connectivity index (χ1n) is 8.97. The summed E-state index contributed by atoms with van der Waals surface area (Å²) in [5.41, 5.74) is 1.81. The molecule has 2 aromatic carbocycles. The Morgan fingerprint density at radius 1 is 0.774 bits per heavy atom. The van der Waals surface area contributed by atoms with Gasteiger partial charge in [0.1, 0.15) is 0 Å². The number of halogens is 6. The second-order valence-corrected chi connectivity index (χ2v) is 6.61. The van der Waals surface area contributed by atoms with Crippen LogP contribution >= 0.6 is 0 Å². The fourth-order valence-corrected chi connectivity index (χ4v) is 3.03. The van der Waals surface area contributed by atoms with E-state index in [0.29, 0.717) is 5.69 Å². The molecule has 0 atom stereocenters. The third kappa shape index (κ3) is 4.27. The average molecular weight is 436 g/mol. The fourth-order valence-electron chi connectivity index (χ4n) is 3.03. The van der Waals surface area contributed by atoms with Crippen LogP contribution in [-0.2, 0) is 12.4 Å². The van der Waals surface area contributed by atoms with Crippen LogP contribution in [0.3, 0.4) is 0 Å². The summed E-state index contributed by atoms with van der Waals surface area (Å²) in [6, 6.07) is 13.7. The number of nitrogens with one attached hydrogen (secondary N) is 1. The number of hydrogen-bond donors (Lipinski definition) is 1. The van der Waals surface area contributed by atoms with Crippen molar-refractivity contribution in [1.29, 1.82) is 0 Å². The lowest BCUT2D eigenvalue weighted by molar-refractivity contribution is -0.141. The summed E-state index contributed by atoms with van der Waals surface area (Å²) < 4.78 is 80.2. The predicted molar refractivity (Wildman–Crippen MR) is 103 cm³/mol. The number of anilines is 1. The van der Waals surface area contributed by atoms with Gasteiger partial charge in [0.15, 0.2) is 5.69 Å². The number of alkyl halides is 6. The van der Waals surface area contributed by atoms with Crippen molar-refractivity contribution in [2.45, 2.75) is 12.4 Å². The Kier molecular flexibility index (Phi) is 5.00. The van der Waals surface area contributed by atoms with E-state index < -0.39 is 23.6 Å². The van der Waals surface area contributed by atoms with Crippen LogP contribution in [0.5, 0.6) is 0 Å². The minimum Gasteiger partial charge on any atom is -0.292 e. The Hall–Kier alpha value is -3.69. The summed E-state index contributed by atoms with van der Waals surface area (Å²) in [4.78, 5) is 0. The molecule has 0 amide bonds. The number of hydrogen-bond acceptors (Lipinski definition) is 3. The number of aromatic nitrogens is 2. The molecule has 0 bridgehead atoms. The minimum absolute atomic E-state index is 0.0971. The molecule has 160 valence electrons. The first-order valence-corrected chi connectivity index (χ1v) is 8.97. The standard InChI is InChI=1S/C21H14F6N4/c22-20(23,24)14-6-4-9-16(12-14)30-11-5-10-17(28-30)18-13-19(21(25,26)27)29-31(18)15-7-2-1-3-8-15/h1-13,28H. The monoisotopic (exact) mass is 436 g/mol. The Labute approximate surface area is 172 Å². The molecule has 3 aromatic rings. The van der Waals surface area contributed by atoms with Gasteiger partial charge in [-0.05, 0) is 48.6 Å². The molecule has 0 saturated heterocycles. The minimum atomic E-state index is -4.67. The molecule has 1 aliphatic heterocycles. The van der Waals surface area contributed by atoms with Crippen molar-refractivity contribution in [3.05, 3.63) is 96.0 Å². The number of rotatable bonds is 3. The van der Waals surface area contributed by atoms with E-state index in [9.17, 15) is 26.3 Å². The van der Waals surface area contributed by atoms with Crippen molar-refractivity contribution in [1.82, 2.24) is 15.2 Å². The van der Waals surface area contributed by atoms with E-state index in [1.807, 2.05) is 0 Å². The summed E-state index contributed by atoms with van der Waals surface area (Å²) in [7, 11) is 0. The first kappa shape index (κ1) is 20.6. The van der Waals surface area contributed by atoms with Crippen LogP contribution in [-0.4, -0.2) is 9.78 Å². The number of allylic oxidation sites excluding steroid dienone is 2. The zero-order chi connectivity index (χ0) is 22.2. The summed E-state index contributed by atoms with van der Waals surface area (Å²) in [6.45, 7) is 0. The topological polar surface area (TPSA) is 33.1 Å². The highest BCUT2D eigenvalue weighted by atomic mass is 19.4. The maximum Gasteiger partial charge on any atom is 0.435 e. The lowest BCUT2D eigenvalue weighted by Crippen LogP contribution is -2.34. The molecule has 31 heavy (non-hydrogen) atoms. The molecule has 0 fully saturated rings. The van der Waals surface area contributed by atoms with Crippen molar-refractivity contribution < 1.29 is 26.3 Å². The van der Waals surface area contributed by atoms with E-state index in [-0.39, 0.29) is 17.1 Å². The molecule has 0 spiro atoms. The van der Waals surface area contributed by atoms with Crippen LogP contribution in [0.1, 0.15) is 17.0 Å². The maximum atomic E-state index is 13.3. The van der Waals surface area contributed by atoms with E-state index in [2.05, 4.69) is 10.5 Å². The van der Waals surface area contributed by atoms with Crippen molar-refractivity contribution in [2.24, 2.45) is 0 Å². The summed E-state index contributed by atoms with van der Waals surface area (Å²) in [5.74, 6) is 0. The number of hydrazine groups is 1. The molecule has 1 N–H and O–H groups in total. The lowest BCUT2D eigenvalue weighted by Gasteiger charge is -2.27. The van der Waals surface area contributed by atoms with Crippen LogP contribution in [0.25, 0.3) is 11.4 Å². The average Bonchev–Trinajstić information content (AvgIpc) is 3.20. The van der Waals surface area contributed by atoms with Gasteiger partial charge in [0.05, 0.1) is 28.3 Å². The lowest BCUT2D eigenvalue weighted by atomic mass is 10.2.